The van der Waals surface area contributed by atoms with Gasteiger partial charge in [-0.3, -0.25) is 0 Å². The molecule has 0 spiro atoms. The van der Waals surface area contributed by atoms with Crippen molar-refractivity contribution in [2.24, 2.45) is 0 Å². The maximum absolute atomic E-state index is 9.93. The van der Waals surface area contributed by atoms with Crippen molar-refractivity contribution in [3.63, 3.8) is 0 Å². The van der Waals surface area contributed by atoms with Crippen LogP contribution in [0.25, 0.3) is 0 Å². The summed E-state index contributed by atoms with van der Waals surface area (Å²) in [5.74, 6) is 0. The summed E-state index contributed by atoms with van der Waals surface area (Å²) in [7, 11) is 1.72. The van der Waals surface area contributed by atoms with Gasteiger partial charge in [0.25, 0.3) is 0 Å². The third-order valence-corrected chi connectivity index (χ3v) is 6.68. The van der Waals surface area contributed by atoms with Gasteiger partial charge in [-0.25, -0.2) is 0 Å². The van der Waals surface area contributed by atoms with E-state index in [-0.39, 0.29) is 0 Å². The molecule has 0 bridgehead atoms. The van der Waals surface area contributed by atoms with Gasteiger partial charge >= 0.3 is 0 Å². The average Bonchev–Trinajstić information content (AvgIpc) is 2.58. The fraction of sp³-hybridized carbons (Fsp3) is 1.00. The lowest BCUT2D eigenvalue weighted by Crippen LogP contribution is -2.58. The number of aliphatic hydroxyl groups excluding tert-OH is 8. The number of hydrogen-bond donors (Lipinski definition) is 8. The molecule has 0 saturated carbocycles. The Morgan fingerprint density at radius 1 is 0.542 bits per heavy atom. The average molecular weight is 390 g/mol. The normalized spacial score (nSPS) is 50.0. The Hall–Kier alpha value is 0.300. The molecule has 10 nitrogen and oxygen atoms in total. The smallest absolute Gasteiger partial charge is 0.142 e. The van der Waals surface area contributed by atoms with Crippen molar-refractivity contribution in [3.8, 4) is 0 Å². The van der Waals surface area contributed by atoms with E-state index in [1.165, 1.54) is 0 Å². The van der Waals surface area contributed by atoms with Crippen molar-refractivity contribution in [2.45, 2.75) is 59.7 Å². The van der Waals surface area contributed by atoms with Crippen LogP contribution in [0.4, 0.5) is 0 Å². The number of ether oxygens (including phenoxy) is 2. The molecule has 10 atom stereocenters. The van der Waals surface area contributed by atoms with Crippen molar-refractivity contribution in [2.75, 3.05) is 13.2 Å². The van der Waals surface area contributed by atoms with Crippen LogP contribution in [-0.4, -0.2) is 114 Å². The van der Waals surface area contributed by atoms with Gasteiger partial charge < -0.3 is 50.3 Å². The third kappa shape index (κ3) is 4.16. The molecule has 8 N–H and O–H groups in total. The van der Waals surface area contributed by atoms with Crippen LogP contribution in [0.5, 0.6) is 0 Å². The highest BCUT2D eigenvalue weighted by Gasteiger charge is 2.47. The predicted molar refractivity (Wildman–Crippen MR) is 82.7 cm³/mol. The largest absolute Gasteiger partial charge is 0.394 e. The summed E-state index contributed by atoms with van der Waals surface area (Å²) >= 11 is 0. The first kappa shape index (κ1) is 20.6. The molecule has 2 aliphatic heterocycles. The van der Waals surface area contributed by atoms with Crippen molar-refractivity contribution in [1.82, 2.24) is 0 Å². The lowest BCUT2D eigenvalue weighted by atomic mass is 10.0. The zero-order valence-electron chi connectivity index (χ0n) is 12.4. The van der Waals surface area contributed by atoms with Gasteiger partial charge in [-0.2, -0.15) is 0 Å². The summed E-state index contributed by atoms with van der Waals surface area (Å²) < 4.78 is 10.6. The molecular weight excluding hydrogens is 368 g/mol. The molecule has 0 radical (unpaired) electrons. The van der Waals surface area contributed by atoms with Gasteiger partial charge in [0.2, 0.25) is 0 Å². The van der Waals surface area contributed by atoms with Gasteiger partial charge in [0.05, 0.1) is 13.2 Å². The molecule has 0 aliphatic carbocycles. The summed E-state index contributed by atoms with van der Waals surface area (Å²) in [5, 5.41) is 76.9. The van der Waals surface area contributed by atoms with Crippen LogP contribution in [0.15, 0.2) is 0 Å². The zero-order valence-corrected chi connectivity index (χ0v) is 14.0. The summed E-state index contributed by atoms with van der Waals surface area (Å²) in [6, 6.07) is 0. The number of aliphatic hydroxyl groups is 8. The lowest BCUT2D eigenvalue weighted by molar-refractivity contribution is -0.206. The Morgan fingerprint density at radius 3 is 1.17 bits per heavy atom. The van der Waals surface area contributed by atoms with E-state index in [1.54, 1.807) is 0 Å². The summed E-state index contributed by atoms with van der Waals surface area (Å²) in [5.41, 5.74) is -2.09. The molecule has 2 saturated heterocycles. The van der Waals surface area contributed by atoms with Gasteiger partial charge in [-0.15, -0.1) is 0 Å². The van der Waals surface area contributed by atoms with Gasteiger partial charge in [-0.05, 0) is 0 Å². The maximum atomic E-state index is 9.93. The summed E-state index contributed by atoms with van der Waals surface area (Å²) in [6.45, 7) is -1.13. The molecule has 2 fully saturated rings. The van der Waals surface area contributed by atoms with Crippen molar-refractivity contribution >= 4 is 21.6 Å². The standard InChI is InChI=1S/C12H22O10S2/c13-1-3-5(15)7(17)9(19)11(21-3)23-24-12-10(20)8(18)6(16)4(2-14)22-12/h3-20H,1-2H2/t3-,4-,5-,6+,7+,8+,9+,10-,11-,12+/m1/s1. The molecule has 0 unspecified atom stereocenters. The van der Waals surface area contributed by atoms with Crippen molar-refractivity contribution < 1.29 is 50.3 Å². The molecule has 142 valence electrons. The van der Waals surface area contributed by atoms with E-state index in [1.807, 2.05) is 0 Å². The van der Waals surface area contributed by atoms with Gasteiger partial charge in [0.1, 0.15) is 59.7 Å². The van der Waals surface area contributed by atoms with E-state index in [9.17, 15) is 30.6 Å². The van der Waals surface area contributed by atoms with E-state index < -0.39 is 72.9 Å². The van der Waals surface area contributed by atoms with E-state index >= 15 is 0 Å². The highest BCUT2D eigenvalue weighted by atomic mass is 33.1. The summed E-state index contributed by atoms with van der Waals surface area (Å²) in [4.78, 5) is 0. The number of rotatable bonds is 5. The molecule has 2 rings (SSSR count). The molecule has 0 aromatic carbocycles. The van der Waals surface area contributed by atoms with Gasteiger partial charge in [-0.1, -0.05) is 21.6 Å². The lowest BCUT2D eigenvalue weighted by Gasteiger charge is -2.42. The Bertz CT molecular complexity index is 364. The van der Waals surface area contributed by atoms with E-state index in [4.69, 9.17) is 19.7 Å². The van der Waals surface area contributed by atoms with Gasteiger partial charge in [0.15, 0.2) is 0 Å². The third-order valence-electron chi connectivity index (χ3n) is 3.94. The van der Waals surface area contributed by atoms with E-state index in [0.29, 0.717) is 0 Å². The van der Waals surface area contributed by atoms with Crippen LogP contribution in [0.2, 0.25) is 0 Å². The first-order valence-corrected chi connectivity index (χ1v) is 9.52. The molecule has 2 heterocycles. The number of hydrogen-bond acceptors (Lipinski definition) is 12. The minimum Gasteiger partial charge on any atom is -0.394 e. The summed E-state index contributed by atoms with van der Waals surface area (Å²) in [6.07, 6.45) is -11.0. The first-order valence-electron chi connectivity index (χ1n) is 7.25. The maximum Gasteiger partial charge on any atom is 0.142 e. The molecule has 24 heavy (non-hydrogen) atoms. The van der Waals surface area contributed by atoms with Gasteiger partial charge in [0, 0.05) is 0 Å². The fourth-order valence-corrected chi connectivity index (χ4v) is 5.16. The first-order chi connectivity index (χ1) is 11.3. The zero-order chi connectivity index (χ0) is 18.0. The monoisotopic (exact) mass is 390 g/mol. The highest BCUT2D eigenvalue weighted by Crippen LogP contribution is 2.41. The topological polar surface area (TPSA) is 180 Å². The fourth-order valence-electron chi connectivity index (χ4n) is 2.40. The predicted octanol–water partition coefficient (Wildman–Crippen LogP) is -4.03. The van der Waals surface area contributed by atoms with Crippen molar-refractivity contribution in [3.05, 3.63) is 0 Å². The Balaban J connectivity index is 1.96. The molecule has 0 aromatic heterocycles. The van der Waals surface area contributed by atoms with Crippen LogP contribution in [0.3, 0.4) is 0 Å². The van der Waals surface area contributed by atoms with Crippen molar-refractivity contribution in [1.29, 1.82) is 0 Å². The second-order valence-electron chi connectivity index (χ2n) is 5.59. The molecule has 12 heteroatoms. The molecule has 0 amide bonds. The van der Waals surface area contributed by atoms with E-state index in [2.05, 4.69) is 0 Å². The highest BCUT2D eigenvalue weighted by molar-refractivity contribution is 8.77. The van der Waals surface area contributed by atoms with E-state index in [0.717, 1.165) is 21.6 Å². The van der Waals surface area contributed by atoms with Crippen LogP contribution >= 0.6 is 21.6 Å². The Labute approximate surface area is 145 Å². The molecule has 2 aliphatic rings. The Kier molecular flexibility index (Phi) is 7.55. The minimum absolute atomic E-state index is 0.563. The van der Waals surface area contributed by atoms with Crippen LogP contribution in [0.1, 0.15) is 0 Å². The van der Waals surface area contributed by atoms with Crippen LogP contribution < -0.4 is 0 Å². The molecule has 0 aromatic rings. The Morgan fingerprint density at radius 2 is 0.875 bits per heavy atom. The molecular formula is C12H22O10S2. The second-order valence-corrected chi connectivity index (χ2v) is 8.06. The second kappa shape index (κ2) is 8.79. The van der Waals surface area contributed by atoms with Crippen LogP contribution in [0, 0.1) is 0 Å². The quantitative estimate of drug-likeness (QED) is 0.213. The SMILES string of the molecule is OC[C@H]1O[C@@H](SS[C@H]2O[C@H](CO)[C@@H](O)[C@H](O)[C@@H]2O)[C@H](O)[C@@H](O)[C@H]1O. The minimum atomic E-state index is -1.52. The van der Waals surface area contributed by atoms with Crippen LogP contribution in [-0.2, 0) is 9.47 Å².